The van der Waals surface area contributed by atoms with Gasteiger partial charge in [-0.05, 0) is 99.5 Å². The van der Waals surface area contributed by atoms with Crippen LogP contribution < -0.4 is 5.32 Å². The number of carbonyl (C=O) groups excluding carboxylic acids is 4. The molecule has 1 saturated heterocycles. The first-order valence-corrected chi connectivity index (χ1v) is 17.8. The van der Waals surface area contributed by atoms with Crippen LogP contribution in [0.4, 0.5) is 0 Å². The first kappa shape index (κ1) is 33.4. The van der Waals surface area contributed by atoms with Crippen LogP contribution >= 0.6 is 0 Å². The number of nitrogens with one attached hydrogen (secondary N) is 1. The van der Waals surface area contributed by atoms with Crippen LogP contribution in [0.1, 0.15) is 105 Å². The van der Waals surface area contributed by atoms with Crippen LogP contribution in [0.2, 0.25) is 0 Å². The molecule has 4 fully saturated rings. The van der Waals surface area contributed by atoms with E-state index >= 15 is 0 Å². The number of carbonyl (C=O) groups is 4. The SMILES string of the molecule is CCCCCCC(=O)NCC(=O)OCC1=C(C)CC([C@@H](C)C2CCC3C4C[C@H]5O[C@]56C(O)C=CC(=O)[C@]6(C)C4CC[C@@]32C)OC1=O. The number of epoxide rings is 1. The van der Waals surface area contributed by atoms with E-state index in [9.17, 15) is 24.3 Å². The molecule has 9 heteroatoms. The predicted octanol–water partition coefficient (Wildman–Crippen LogP) is 4.99. The van der Waals surface area contributed by atoms with Crippen molar-refractivity contribution in [3.8, 4) is 0 Å². The van der Waals surface area contributed by atoms with Crippen molar-refractivity contribution in [2.24, 2.45) is 40.4 Å². The third-order valence-corrected chi connectivity index (χ3v) is 13.5. The number of unbranched alkanes of at least 4 members (excludes halogenated alkanes) is 3. The maximum absolute atomic E-state index is 13.4. The number of hydrogen-bond donors (Lipinski definition) is 2. The van der Waals surface area contributed by atoms with Crippen LogP contribution in [0.5, 0.6) is 0 Å². The number of esters is 2. The van der Waals surface area contributed by atoms with E-state index in [0.717, 1.165) is 63.4 Å². The van der Waals surface area contributed by atoms with Crippen LogP contribution in [-0.4, -0.2) is 65.8 Å². The van der Waals surface area contributed by atoms with E-state index in [0.29, 0.717) is 36.2 Å². The fourth-order valence-electron chi connectivity index (χ4n) is 10.9. The van der Waals surface area contributed by atoms with Gasteiger partial charge in [0.25, 0.3) is 0 Å². The van der Waals surface area contributed by atoms with Gasteiger partial charge in [0.05, 0.1) is 17.1 Å². The Bertz CT molecular complexity index is 1320. The van der Waals surface area contributed by atoms with E-state index in [1.807, 2.05) is 13.8 Å². The van der Waals surface area contributed by atoms with E-state index in [-0.39, 0.29) is 54.3 Å². The van der Waals surface area contributed by atoms with Gasteiger partial charge in [0.15, 0.2) is 5.78 Å². The van der Waals surface area contributed by atoms with Crippen LogP contribution in [0, 0.1) is 40.4 Å². The molecule has 6 unspecified atom stereocenters. The number of rotatable bonds is 11. The molecule has 11 atom stereocenters. The average Bonchev–Trinajstić information content (AvgIpc) is 3.66. The molecular weight excluding hydrogens is 586 g/mol. The molecule has 0 bridgehead atoms. The fraction of sp³-hybridized carbons (Fsp3) is 0.784. The van der Waals surface area contributed by atoms with Crippen molar-refractivity contribution in [2.75, 3.05) is 13.2 Å². The lowest BCUT2D eigenvalue weighted by molar-refractivity contribution is -0.156. The molecule has 46 heavy (non-hydrogen) atoms. The lowest BCUT2D eigenvalue weighted by atomic mass is 9.44. The van der Waals surface area contributed by atoms with Crippen molar-refractivity contribution in [1.82, 2.24) is 5.32 Å². The Balaban J connectivity index is 1.05. The Morgan fingerprint density at radius 1 is 1.13 bits per heavy atom. The highest BCUT2D eigenvalue weighted by atomic mass is 16.6. The third-order valence-electron chi connectivity index (χ3n) is 13.5. The van der Waals surface area contributed by atoms with Crippen molar-refractivity contribution in [3.63, 3.8) is 0 Å². The number of allylic oxidation sites excluding steroid dienone is 1. The van der Waals surface area contributed by atoms with E-state index < -0.39 is 29.1 Å². The molecule has 2 heterocycles. The molecule has 1 amide bonds. The molecule has 254 valence electrons. The number of aliphatic hydroxyl groups excluding tert-OH is 1. The van der Waals surface area contributed by atoms with Gasteiger partial charge in [0.1, 0.15) is 31.0 Å². The van der Waals surface area contributed by atoms with Crippen molar-refractivity contribution >= 4 is 23.6 Å². The summed E-state index contributed by atoms with van der Waals surface area (Å²) in [6, 6.07) is 0. The van der Waals surface area contributed by atoms with Gasteiger partial charge in [0.2, 0.25) is 5.91 Å². The molecule has 4 aliphatic carbocycles. The van der Waals surface area contributed by atoms with Gasteiger partial charge in [0, 0.05) is 12.8 Å². The number of hydrogen-bond acceptors (Lipinski definition) is 8. The summed E-state index contributed by atoms with van der Waals surface area (Å²) in [5.41, 5.74) is -0.115. The summed E-state index contributed by atoms with van der Waals surface area (Å²) in [7, 11) is 0. The van der Waals surface area contributed by atoms with Crippen molar-refractivity contribution in [2.45, 2.75) is 129 Å². The van der Waals surface area contributed by atoms with Gasteiger partial charge >= 0.3 is 11.9 Å². The number of fused-ring (bicyclic) bond motifs is 4. The van der Waals surface area contributed by atoms with E-state index in [1.165, 1.54) is 0 Å². The number of aliphatic hydroxyl groups is 1. The van der Waals surface area contributed by atoms with Gasteiger partial charge in [-0.25, -0.2) is 4.79 Å². The maximum Gasteiger partial charge on any atom is 0.337 e. The number of cyclic esters (lactones) is 1. The fourth-order valence-corrected chi connectivity index (χ4v) is 10.9. The molecule has 6 rings (SSSR count). The monoisotopic (exact) mass is 639 g/mol. The van der Waals surface area contributed by atoms with Crippen molar-refractivity contribution in [1.29, 1.82) is 0 Å². The van der Waals surface area contributed by atoms with Gasteiger partial charge in [-0.1, -0.05) is 45.6 Å². The van der Waals surface area contributed by atoms with Crippen LogP contribution in [0.15, 0.2) is 23.3 Å². The summed E-state index contributed by atoms with van der Waals surface area (Å²) < 4.78 is 17.7. The third kappa shape index (κ3) is 5.28. The molecular formula is C37H53NO8. The summed E-state index contributed by atoms with van der Waals surface area (Å²) in [6.45, 7) is 10.3. The molecule has 2 aliphatic heterocycles. The maximum atomic E-state index is 13.4. The minimum absolute atomic E-state index is 0.0677. The molecule has 0 aromatic rings. The quantitative estimate of drug-likeness (QED) is 0.184. The van der Waals surface area contributed by atoms with Crippen molar-refractivity contribution in [3.05, 3.63) is 23.3 Å². The second-order valence-corrected chi connectivity index (χ2v) is 15.6. The van der Waals surface area contributed by atoms with Gasteiger partial charge in [-0.2, -0.15) is 0 Å². The van der Waals surface area contributed by atoms with E-state index in [1.54, 1.807) is 12.2 Å². The highest BCUT2D eigenvalue weighted by molar-refractivity contribution is 5.98. The summed E-state index contributed by atoms with van der Waals surface area (Å²) in [5, 5.41) is 13.5. The summed E-state index contributed by atoms with van der Waals surface area (Å²) in [4.78, 5) is 50.9. The highest BCUT2D eigenvalue weighted by Gasteiger charge is 2.80. The zero-order valence-electron chi connectivity index (χ0n) is 28.3. The normalized spacial score (nSPS) is 41.5. The molecule has 0 radical (unpaired) electrons. The zero-order valence-corrected chi connectivity index (χ0v) is 28.3. The average molecular weight is 640 g/mol. The first-order chi connectivity index (χ1) is 21.9. The molecule has 1 spiro atoms. The number of ether oxygens (including phenoxy) is 3. The number of ketones is 1. The Morgan fingerprint density at radius 2 is 1.91 bits per heavy atom. The van der Waals surface area contributed by atoms with Crippen LogP contribution in [0.25, 0.3) is 0 Å². The van der Waals surface area contributed by atoms with E-state index in [2.05, 4.69) is 26.1 Å². The minimum atomic E-state index is -0.757. The second-order valence-electron chi connectivity index (χ2n) is 15.6. The molecule has 9 nitrogen and oxygen atoms in total. The Labute approximate surface area is 273 Å². The summed E-state index contributed by atoms with van der Waals surface area (Å²) >= 11 is 0. The topological polar surface area (TPSA) is 132 Å². The highest BCUT2D eigenvalue weighted by Crippen LogP contribution is 2.73. The Morgan fingerprint density at radius 3 is 2.65 bits per heavy atom. The minimum Gasteiger partial charge on any atom is -0.459 e. The van der Waals surface area contributed by atoms with Gasteiger partial charge < -0.3 is 24.6 Å². The first-order valence-electron chi connectivity index (χ1n) is 17.8. The molecule has 3 saturated carbocycles. The lowest BCUT2D eigenvalue weighted by Crippen LogP contribution is -2.63. The smallest absolute Gasteiger partial charge is 0.337 e. The summed E-state index contributed by atoms with van der Waals surface area (Å²) in [6.07, 6.45) is 12.1. The van der Waals surface area contributed by atoms with Crippen LogP contribution in [-0.2, 0) is 33.4 Å². The van der Waals surface area contributed by atoms with Crippen molar-refractivity contribution < 1.29 is 38.5 Å². The standard InChI is InChI=1S/C37H53NO8/c1-6-7-8-9-10-32(41)38-19-33(42)44-20-24-21(2)17-28(45-34(24)43)22(3)25-11-12-26-23-18-31-37(46-31)30(40)14-13-29(39)36(37,5)27(23)15-16-35(25,26)4/h13-14,22-23,25-28,30-31,40H,6-12,15-20H2,1-5H3,(H,38,41)/t22-,23?,25?,26?,27?,28?,30?,31+,35+,36-,37+/m0/s1. The zero-order chi connectivity index (χ0) is 33.0. The van der Waals surface area contributed by atoms with Gasteiger partial charge in [-0.3, -0.25) is 14.4 Å². The second kappa shape index (κ2) is 12.5. The Kier molecular flexibility index (Phi) is 9.07. The molecule has 0 aromatic heterocycles. The Hall–Kier alpha value is -2.52. The largest absolute Gasteiger partial charge is 0.459 e. The van der Waals surface area contributed by atoms with E-state index in [4.69, 9.17) is 14.2 Å². The molecule has 2 N–H and O–H groups in total. The molecule has 6 aliphatic rings. The number of amides is 1. The predicted molar refractivity (Wildman–Crippen MR) is 170 cm³/mol. The molecule has 0 aromatic carbocycles. The lowest BCUT2D eigenvalue weighted by Gasteiger charge is -2.58. The van der Waals surface area contributed by atoms with Crippen LogP contribution in [0.3, 0.4) is 0 Å². The summed E-state index contributed by atoms with van der Waals surface area (Å²) in [5.74, 6) is 0.467. The van der Waals surface area contributed by atoms with Gasteiger partial charge in [-0.15, -0.1) is 0 Å².